The fourth-order valence-electron chi connectivity index (χ4n) is 3.97. The largest absolute Gasteiger partial charge is 0.317 e. The summed E-state index contributed by atoms with van der Waals surface area (Å²) in [6, 6.07) is 7.06. The minimum Gasteiger partial charge on any atom is -0.317 e. The molecular weight excluding hydrogens is 336 g/mol. The second-order valence-corrected chi connectivity index (χ2v) is 9.95. The van der Waals surface area contributed by atoms with E-state index < -0.39 is 0 Å². The van der Waals surface area contributed by atoms with Gasteiger partial charge in [-0.15, -0.1) is 11.3 Å². The van der Waals surface area contributed by atoms with Gasteiger partial charge in [-0.3, -0.25) is 0 Å². The standard InChI is InChI=1S/C23H34N2S/c1-6-13-24-14-7-8-21-25-20(16-26-21)17-9-10-18-19(15-17)23(4,5)12-11-22(18,2)3/h9-10,15-16,24H,6-8,11-14H2,1-5H3. The van der Waals surface area contributed by atoms with Gasteiger partial charge in [-0.25, -0.2) is 4.98 Å². The van der Waals surface area contributed by atoms with E-state index in [2.05, 4.69) is 63.5 Å². The van der Waals surface area contributed by atoms with Gasteiger partial charge in [0.25, 0.3) is 0 Å². The maximum Gasteiger partial charge on any atom is 0.0933 e. The predicted octanol–water partition coefficient (Wildman–Crippen LogP) is 6.09. The Kier molecular flexibility index (Phi) is 5.88. The van der Waals surface area contributed by atoms with Crippen LogP contribution in [0.1, 0.15) is 76.4 Å². The summed E-state index contributed by atoms with van der Waals surface area (Å²) < 4.78 is 0. The Balaban J connectivity index is 1.77. The molecule has 1 aromatic carbocycles. The third-order valence-electron chi connectivity index (χ3n) is 5.87. The molecule has 26 heavy (non-hydrogen) atoms. The van der Waals surface area contributed by atoms with Crippen LogP contribution in [0.25, 0.3) is 11.3 Å². The van der Waals surface area contributed by atoms with Crippen molar-refractivity contribution in [3.8, 4) is 11.3 Å². The van der Waals surface area contributed by atoms with E-state index in [1.807, 2.05) is 0 Å². The number of aryl methyl sites for hydroxylation is 1. The van der Waals surface area contributed by atoms with Crippen molar-refractivity contribution in [1.29, 1.82) is 0 Å². The van der Waals surface area contributed by atoms with Gasteiger partial charge in [-0.2, -0.15) is 0 Å². The molecule has 0 aliphatic heterocycles. The highest BCUT2D eigenvalue weighted by atomic mass is 32.1. The van der Waals surface area contributed by atoms with Gasteiger partial charge in [0.2, 0.25) is 0 Å². The summed E-state index contributed by atoms with van der Waals surface area (Å²) in [4.78, 5) is 4.92. The fraction of sp³-hybridized carbons (Fsp3) is 0.609. The molecule has 2 nitrogen and oxygen atoms in total. The zero-order valence-electron chi connectivity index (χ0n) is 17.1. The molecule has 0 saturated carbocycles. The molecule has 1 N–H and O–H groups in total. The topological polar surface area (TPSA) is 24.9 Å². The summed E-state index contributed by atoms with van der Waals surface area (Å²) in [5.41, 5.74) is 6.00. The summed E-state index contributed by atoms with van der Waals surface area (Å²) in [5.74, 6) is 0. The third-order valence-corrected chi connectivity index (χ3v) is 6.78. The Bertz CT molecular complexity index is 742. The number of aromatic nitrogens is 1. The van der Waals surface area contributed by atoms with E-state index in [1.165, 1.54) is 47.4 Å². The van der Waals surface area contributed by atoms with Gasteiger partial charge in [-0.1, -0.05) is 46.8 Å². The van der Waals surface area contributed by atoms with Gasteiger partial charge in [0.1, 0.15) is 0 Å². The number of hydrogen-bond donors (Lipinski definition) is 1. The number of fused-ring (bicyclic) bond motifs is 1. The van der Waals surface area contributed by atoms with Crippen LogP contribution in [0.2, 0.25) is 0 Å². The minimum absolute atomic E-state index is 0.255. The molecule has 0 radical (unpaired) electrons. The fourth-order valence-corrected chi connectivity index (χ4v) is 4.82. The van der Waals surface area contributed by atoms with Crippen LogP contribution in [0, 0.1) is 0 Å². The van der Waals surface area contributed by atoms with E-state index in [1.54, 1.807) is 11.3 Å². The molecule has 0 unspecified atom stereocenters. The maximum absolute atomic E-state index is 4.92. The molecule has 0 saturated heterocycles. The van der Waals surface area contributed by atoms with Gasteiger partial charge < -0.3 is 5.32 Å². The van der Waals surface area contributed by atoms with Gasteiger partial charge in [-0.05, 0) is 66.8 Å². The molecule has 0 amide bonds. The van der Waals surface area contributed by atoms with Gasteiger partial charge in [0.15, 0.2) is 0 Å². The Hall–Kier alpha value is -1.19. The summed E-state index contributed by atoms with van der Waals surface area (Å²) >= 11 is 1.81. The number of nitrogens with zero attached hydrogens (tertiary/aromatic N) is 1. The SMILES string of the molecule is CCCNCCCc1nc(-c2ccc3c(c2)C(C)(C)CCC3(C)C)cs1. The molecule has 0 atom stereocenters. The molecule has 1 aromatic heterocycles. The van der Waals surface area contributed by atoms with E-state index in [0.29, 0.717) is 0 Å². The number of thiazole rings is 1. The normalized spacial score (nSPS) is 17.9. The first kappa shape index (κ1) is 19.6. The van der Waals surface area contributed by atoms with Gasteiger partial charge in [0, 0.05) is 17.4 Å². The molecule has 1 heterocycles. The monoisotopic (exact) mass is 370 g/mol. The second kappa shape index (κ2) is 7.82. The molecule has 2 aromatic rings. The lowest BCUT2D eigenvalue weighted by Gasteiger charge is -2.42. The van der Waals surface area contributed by atoms with Gasteiger partial charge in [0.05, 0.1) is 10.7 Å². The van der Waals surface area contributed by atoms with Crippen LogP contribution in [0.15, 0.2) is 23.6 Å². The zero-order chi connectivity index (χ0) is 18.8. The molecule has 0 fully saturated rings. The summed E-state index contributed by atoms with van der Waals surface area (Å²) in [5, 5.41) is 6.96. The van der Waals surface area contributed by atoms with E-state index >= 15 is 0 Å². The highest BCUT2D eigenvalue weighted by Gasteiger charge is 2.37. The number of hydrogen-bond acceptors (Lipinski definition) is 3. The van der Waals surface area contributed by atoms with Crippen LogP contribution in [0.5, 0.6) is 0 Å². The Morgan fingerprint density at radius 2 is 1.77 bits per heavy atom. The van der Waals surface area contributed by atoms with Gasteiger partial charge >= 0.3 is 0 Å². The molecule has 0 bridgehead atoms. The van der Waals surface area contributed by atoms with Crippen LogP contribution in [-0.2, 0) is 17.3 Å². The molecule has 1 aliphatic rings. The smallest absolute Gasteiger partial charge is 0.0933 e. The average Bonchev–Trinajstić information content (AvgIpc) is 3.08. The summed E-state index contributed by atoms with van der Waals surface area (Å²) in [7, 11) is 0. The quantitative estimate of drug-likeness (QED) is 0.596. The van der Waals surface area contributed by atoms with Crippen LogP contribution in [0.3, 0.4) is 0 Å². The van der Waals surface area contributed by atoms with Crippen molar-refractivity contribution in [2.24, 2.45) is 0 Å². The van der Waals surface area contributed by atoms with Crippen molar-refractivity contribution >= 4 is 11.3 Å². The van der Waals surface area contributed by atoms with Crippen molar-refractivity contribution in [2.45, 2.75) is 77.6 Å². The lowest BCUT2D eigenvalue weighted by atomic mass is 9.63. The van der Waals surface area contributed by atoms with Crippen LogP contribution < -0.4 is 5.32 Å². The molecule has 3 rings (SSSR count). The lowest BCUT2D eigenvalue weighted by Crippen LogP contribution is -2.33. The zero-order valence-corrected chi connectivity index (χ0v) is 17.9. The first-order chi connectivity index (χ1) is 12.3. The van der Waals surface area contributed by atoms with Crippen LogP contribution in [0.4, 0.5) is 0 Å². The maximum atomic E-state index is 4.92. The number of nitrogens with one attached hydrogen (secondary N) is 1. The minimum atomic E-state index is 0.255. The first-order valence-corrected chi connectivity index (χ1v) is 11.0. The second-order valence-electron chi connectivity index (χ2n) is 9.01. The molecule has 1 aliphatic carbocycles. The van der Waals surface area contributed by atoms with Crippen molar-refractivity contribution in [1.82, 2.24) is 10.3 Å². The van der Waals surface area contributed by atoms with Crippen molar-refractivity contribution in [3.05, 3.63) is 39.7 Å². The Morgan fingerprint density at radius 1 is 1.04 bits per heavy atom. The van der Waals surface area contributed by atoms with E-state index in [-0.39, 0.29) is 10.8 Å². The highest BCUT2D eigenvalue weighted by Crippen LogP contribution is 2.46. The lowest BCUT2D eigenvalue weighted by molar-refractivity contribution is 0.332. The highest BCUT2D eigenvalue weighted by molar-refractivity contribution is 7.09. The summed E-state index contributed by atoms with van der Waals surface area (Å²) in [6.45, 7) is 14.0. The van der Waals surface area contributed by atoms with Crippen LogP contribution >= 0.6 is 11.3 Å². The first-order valence-electron chi connectivity index (χ1n) is 10.1. The Morgan fingerprint density at radius 3 is 2.50 bits per heavy atom. The molecular formula is C23H34N2S. The Labute approximate surface area is 163 Å². The predicted molar refractivity (Wildman–Crippen MR) is 114 cm³/mol. The van der Waals surface area contributed by atoms with E-state index in [9.17, 15) is 0 Å². The van der Waals surface area contributed by atoms with E-state index in [4.69, 9.17) is 4.98 Å². The third kappa shape index (κ3) is 4.20. The van der Waals surface area contributed by atoms with Crippen molar-refractivity contribution in [3.63, 3.8) is 0 Å². The van der Waals surface area contributed by atoms with Crippen molar-refractivity contribution < 1.29 is 0 Å². The summed E-state index contributed by atoms with van der Waals surface area (Å²) in [6.07, 6.45) is 5.96. The number of rotatable bonds is 7. The average molecular weight is 371 g/mol. The van der Waals surface area contributed by atoms with Crippen molar-refractivity contribution in [2.75, 3.05) is 13.1 Å². The van der Waals surface area contributed by atoms with Crippen LogP contribution in [-0.4, -0.2) is 18.1 Å². The number of benzene rings is 1. The molecule has 3 heteroatoms. The molecule has 0 spiro atoms. The van der Waals surface area contributed by atoms with E-state index in [0.717, 1.165) is 25.2 Å². The molecule has 142 valence electrons.